The van der Waals surface area contributed by atoms with Crippen molar-refractivity contribution in [3.63, 3.8) is 0 Å². The third kappa shape index (κ3) is 2.06. The van der Waals surface area contributed by atoms with E-state index in [9.17, 15) is 0 Å². The van der Waals surface area contributed by atoms with Gasteiger partial charge >= 0.3 is 0 Å². The lowest BCUT2D eigenvalue weighted by Gasteiger charge is -2.09. The fourth-order valence-corrected chi connectivity index (χ4v) is 1.31. The molecular formula is C11H13NO2. The summed E-state index contributed by atoms with van der Waals surface area (Å²) in [7, 11) is 0. The average Bonchev–Trinajstić information content (AvgIpc) is 2.87. The van der Waals surface area contributed by atoms with Crippen LogP contribution in [-0.2, 0) is 6.54 Å². The zero-order valence-electron chi connectivity index (χ0n) is 8.07. The van der Waals surface area contributed by atoms with Crippen molar-refractivity contribution < 1.29 is 8.83 Å². The molecule has 0 saturated carbocycles. The van der Waals surface area contributed by atoms with Gasteiger partial charge in [0.1, 0.15) is 11.5 Å². The fraction of sp³-hybridized carbons (Fsp3) is 0.273. The second-order valence-corrected chi connectivity index (χ2v) is 3.20. The lowest BCUT2D eigenvalue weighted by molar-refractivity contribution is 0.407. The first kappa shape index (κ1) is 9.09. The number of rotatable bonds is 4. The molecule has 3 heteroatoms. The predicted molar refractivity (Wildman–Crippen MR) is 52.7 cm³/mol. The Hall–Kier alpha value is -1.48. The molecule has 0 aliphatic heterocycles. The second-order valence-electron chi connectivity index (χ2n) is 3.20. The Bertz CT molecular complexity index is 351. The average molecular weight is 191 g/mol. The molecule has 0 amide bonds. The van der Waals surface area contributed by atoms with Crippen LogP contribution in [0.25, 0.3) is 0 Å². The molecule has 2 heterocycles. The minimum absolute atomic E-state index is 0.204. The third-order valence-corrected chi connectivity index (χ3v) is 2.13. The molecule has 1 unspecified atom stereocenters. The van der Waals surface area contributed by atoms with Crippen LogP contribution in [0.4, 0.5) is 0 Å². The molecule has 0 radical (unpaired) electrons. The summed E-state index contributed by atoms with van der Waals surface area (Å²) in [6.45, 7) is 2.77. The Labute approximate surface area is 82.7 Å². The highest BCUT2D eigenvalue weighted by atomic mass is 16.3. The minimum Gasteiger partial charge on any atom is -0.468 e. The van der Waals surface area contributed by atoms with Crippen molar-refractivity contribution in [1.82, 2.24) is 5.32 Å². The van der Waals surface area contributed by atoms with Gasteiger partial charge in [-0.2, -0.15) is 0 Å². The van der Waals surface area contributed by atoms with Gasteiger partial charge in [0.05, 0.1) is 25.1 Å². The molecule has 0 aliphatic carbocycles. The fourth-order valence-electron chi connectivity index (χ4n) is 1.31. The maximum atomic E-state index is 5.27. The van der Waals surface area contributed by atoms with Crippen molar-refractivity contribution in [2.24, 2.45) is 0 Å². The van der Waals surface area contributed by atoms with Gasteiger partial charge in [-0.05, 0) is 31.2 Å². The van der Waals surface area contributed by atoms with Gasteiger partial charge in [0.2, 0.25) is 0 Å². The first-order chi connectivity index (χ1) is 6.86. The van der Waals surface area contributed by atoms with Gasteiger partial charge < -0.3 is 14.2 Å². The Morgan fingerprint density at radius 3 is 2.64 bits per heavy atom. The molecule has 1 atom stereocenters. The maximum Gasteiger partial charge on any atom is 0.120 e. The van der Waals surface area contributed by atoms with Crippen LogP contribution in [0, 0.1) is 0 Å². The van der Waals surface area contributed by atoms with Crippen LogP contribution in [-0.4, -0.2) is 0 Å². The summed E-state index contributed by atoms with van der Waals surface area (Å²) in [4.78, 5) is 0. The summed E-state index contributed by atoms with van der Waals surface area (Å²) in [6, 6.07) is 7.88. The topological polar surface area (TPSA) is 38.3 Å². The minimum atomic E-state index is 0.204. The smallest absolute Gasteiger partial charge is 0.120 e. The van der Waals surface area contributed by atoms with Crippen molar-refractivity contribution in [3.8, 4) is 0 Å². The monoisotopic (exact) mass is 191 g/mol. The Morgan fingerprint density at radius 1 is 1.21 bits per heavy atom. The zero-order chi connectivity index (χ0) is 9.80. The number of hydrogen-bond donors (Lipinski definition) is 1. The molecule has 2 aromatic rings. The molecular weight excluding hydrogens is 178 g/mol. The molecule has 0 saturated heterocycles. The standard InChI is InChI=1S/C11H13NO2/c1-9(11-5-3-7-14-11)12-8-10-4-2-6-13-10/h2-7,9,12H,8H2,1H3. The van der Waals surface area contributed by atoms with E-state index in [4.69, 9.17) is 8.83 Å². The maximum absolute atomic E-state index is 5.27. The largest absolute Gasteiger partial charge is 0.468 e. The highest BCUT2D eigenvalue weighted by molar-refractivity contribution is 5.04. The summed E-state index contributed by atoms with van der Waals surface area (Å²) in [5.74, 6) is 1.87. The molecule has 0 aromatic carbocycles. The molecule has 2 aromatic heterocycles. The van der Waals surface area contributed by atoms with E-state index >= 15 is 0 Å². The van der Waals surface area contributed by atoms with E-state index in [0.29, 0.717) is 0 Å². The summed E-state index contributed by atoms with van der Waals surface area (Å²) in [5.41, 5.74) is 0. The molecule has 2 rings (SSSR count). The van der Waals surface area contributed by atoms with Crippen LogP contribution in [0.3, 0.4) is 0 Å². The number of nitrogens with one attached hydrogen (secondary N) is 1. The van der Waals surface area contributed by atoms with E-state index in [-0.39, 0.29) is 6.04 Å². The van der Waals surface area contributed by atoms with Crippen LogP contribution in [0.15, 0.2) is 45.6 Å². The SMILES string of the molecule is CC(NCc1ccco1)c1ccco1. The Balaban J connectivity index is 1.87. The zero-order valence-corrected chi connectivity index (χ0v) is 8.07. The Kier molecular flexibility index (Phi) is 2.70. The van der Waals surface area contributed by atoms with E-state index < -0.39 is 0 Å². The molecule has 0 fully saturated rings. The summed E-state index contributed by atoms with van der Waals surface area (Å²) < 4.78 is 10.5. The van der Waals surface area contributed by atoms with Crippen LogP contribution in [0.1, 0.15) is 24.5 Å². The van der Waals surface area contributed by atoms with E-state index in [2.05, 4.69) is 12.2 Å². The van der Waals surface area contributed by atoms with E-state index in [1.807, 2.05) is 24.3 Å². The highest BCUT2D eigenvalue weighted by Gasteiger charge is 2.07. The summed E-state index contributed by atoms with van der Waals surface area (Å²) in [5, 5.41) is 3.30. The third-order valence-electron chi connectivity index (χ3n) is 2.13. The number of hydrogen-bond acceptors (Lipinski definition) is 3. The second kappa shape index (κ2) is 4.15. The van der Waals surface area contributed by atoms with E-state index in [1.54, 1.807) is 12.5 Å². The predicted octanol–water partition coefficient (Wildman–Crippen LogP) is 2.72. The van der Waals surface area contributed by atoms with E-state index in [0.717, 1.165) is 18.1 Å². The van der Waals surface area contributed by atoms with Gasteiger partial charge in [-0.15, -0.1) is 0 Å². The van der Waals surface area contributed by atoms with Crippen molar-refractivity contribution in [2.45, 2.75) is 19.5 Å². The molecule has 0 spiro atoms. The van der Waals surface area contributed by atoms with Crippen LogP contribution < -0.4 is 5.32 Å². The summed E-state index contributed by atoms with van der Waals surface area (Å²) in [6.07, 6.45) is 3.36. The highest BCUT2D eigenvalue weighted by Crippen LogP contribution is 2.13. The van der Waals surface area contributed by atoms with Gasteiger partial charge in [0.15, 0.2) is 0 Å². The van der Waals surface area contributed by atoms with Crippen molar-refractivity contribution in [2.75, 3.05) is 0 Å². The van der Waals surface area contributed by atoms with Gasteiger partial charge in [-0.1, -0.05) is 0 Å². The van der Waals surface area contributed by atoms with Gasteiger partial charge in [0.25, 0.3) is 0 Å². The van der Waals surface area contributed by atoms with Crippen molar-refractivity contribution in [1.29, 1.82) is 0 Å². The Morgan fingerprint density at radius 2 is 2.00 bits per heavy atom. The van der Waals surface area contributed by atoms with Gasteiger partial charge in [-0.3, -0.25) is 0 Å². The first-order valence-electron chi connectivity index (χ1n) is 4.65. The molecule has 0 bridgehead atoms. The van der Waals surface area contributed by atoms with E-state index in [1.165, 1.54) is 0 Å². The first-order valence-corrected chi connectivity index (χ1v) is 4.65. The summed E-state index contributed by atoms with van der Waals surface area (Å²) >= 11 is 0. The van der Waals surface area contributed by atoms with Crippen molar-refractivity contribution >= 4 is 0 Å². The molecule has 3 nitrogen and oxygen atoms in total. The molecule has 0 aliphatic rings. The van der Waals surface area contributed by atoms with Crippen molar-refractivity contribution in [3.05, 3.63) is 48.3 Å². The lowest BCUT2D eigenvalue weighted by Crippen LogP contribution is -2.17. The quantitative estimate of drug-likeness (QED) is 0.807. The number of furan rings is 2. The lowest BCUT2D eigenvalue weighted by atomic mass is 10.2. The van der Waals surface area contributed by atoms with Crippen LogP contribution in [0.5, 0.6) is 0 Å². The molecule has 74 valence electrons. The van der Waals surface area contributed by atoms with Crippen LogP contribution >= 0.6 is 0 Å². The van der Waals surface area contributed by atoms with Crippen LogP contribution in [0.2, 0.25) is 0 Å². The normalized spacial score (nSPS) is 12.9. The van der Waals surface area contributed by atoms with Gasteiger partial charge in [0, 0.05) is 0 Å². The molecule has 14 heavy (non-hydrogen) atoms. The molecule has 1 N–H and O–H groups in total. The van der Waals surface area contributed by atoms with Gasteiger partial charge in [-0.25, -0.2) is 0 Å².